The second-order valence-corrected chi connectivity index (χ2v) is 5.60. The summed E-state index contributed by atoms with van der Waals surface area (Å²) < 4.78 is 0.871. The van der Waals surface area contributed by atoms with E-state index in [9.17, 15) is 9.90 Å². The normalized spacial score (nSPS) is 17.3. The Morgan fingerprint density at radius 1 is 1.44 bits per heavy atom. The van der Waals surface area contributed by atoms with E-state index in [1.807, 2.05) is 18.2 Å². The van der Waals surface area contributed by atoms with Crippen LogP contribution in [0.1, 0.15) is 19.4 Å². The third-order valence-electron chi connectivity index (χ3n) is 3.07. The minimum absolute atomic E-state index is 0.237. The van der Waals surface area contributed by atoms with Crippen LogP contribution >= 0.6 is 15.9 Å². The maximum absolute atomic E-state index is 11.4. The van der Waals surface area contributed by atoms with Crippen LogP contribution in [0.15, 0.2) is 33.2 Å². The number of benzene rings is 1. The number of carboxylic acid groups (broad SMARTS) is 1. The zero-order valence-corrected chi connectivity index (χ0v) is 11.7. The zero-order valence-electron chi connectivity index (χ0n) is 10.1. The van der Waals surface area contributed by atoms with Crippen molar-refractivity contribution in [3.8, 4) is 0 Å². The third-order valence-corrected chi connectivity index (χ3v) is 3.57. The Morgan fingerprint density at radius 2 is 2.11 bits per heavy atom. The van der Waals surface area contributed by atoms with Crippen LogP contribution in [-0.2, 0) is 4.79 Å². The number of hydrogen-bond acceptors (Lipinski definition) is 3. The van der Waals surface area contributed by atoms with Crippen LogP contribution in [0.3, 0.4) is 0 Å². The Morgan fingerprint density at radius 3 is 2.72 bits per heavy atom. The van der Waals surface area contributed by atoms with E-state index in [1.54, 1.807) is 19.9 Å². The van der Waals surface area contributed by atoms with Crippen molar-refractivity contribution in [2.45, 2.75) is 13.8 Å². The fourth-order valence-electron chi connectivity index (χ4n) is 1.82. The van der Waals surface area contributed by atoms with Gasteiger partial charge in [-0.25, -0.2) is 9.79 Å². The smallest absolute Gasteiger partial charge is 0.332 e. The van der Waals surface area contributed by atoms with Gasteiger partial charge >= 0.3 is 5.97 Å². The Kier molecular flexibility index (Phi) is 3.02. The summed E-state index contributed by atoms with van der Waals surface area (Å²) >= 11 is 3.36. The van der Waals surface area contributed by atoms with Crippen LogP contribution in [0.2, 0.25) is 0 Å². The lowest BCUT2D eigenvalue weighted by molar-refractivity contribution is -0.133. The predicted octanol–water partition coefficient (Wildman–Crippen LogP) is 2.95. The van der Waals surface area contributed by atoms with Gasteiger partial charge in [-0.2, -0.15) is 0 Å². The zero-order chi connectivity index (χ0) is 13.5. The van der Waals surface area contributed by atoms with Gasteiger partial charge in [-0.15, -0.1) is 0 Å². The standard InChI is InChI=1S/C13H13BrN2O2/c1-13(2)9(11(17)18)6-7-5-8(14)3-4-10(7)16-12(13)15/h3-6H,1-2H3,(H2,15,16)(H,17,18). The molecule has 0 fully saturated rings. The fourth-order valence-corrected chi connectivity index (χ4v) is 2.19. The van der Waals surface area contributed by atoms with E-state index in [4.69, 9.17) is 5.73 Å². The van der Waals surface area contributed by atoms with Crippen molar-refractivity contribution in [3.05, 3.63) is 33.8 Å². The number of nitrogens with two attached hydrogens (primary N) is 1. The number of carboxylic acids is 1. The molecule has 1 aliphatic heterocycles. The Labute approximate surface area is 113 Å². The number of fused-ring (bicyclic) bond motifs is 1. The van der Waals surface area contributed by atoms with E-state index >= 15 is 0 Å². The van der Waals surface area contributed by atoms with E-state index in [0.717, 1.165) is 10.0 Å². The second kappa shape index (κ2) is 4.24. The van der Waals surface area contributed by atoms with E-state index in [-0.39, 0.29) is 5.57 Å². The highest BCUT2D eigenvalue weighted by atomic mass is 79.9. The number of aliphatic carboxylic acids is 1. The summed E-state index contributed by atoms with van der Waals surface area (Å²) in [7, 11) is 0. The first-order valence-corrected chi connectivity index (χ1v) is 6.21. The molecule has 2 rings (SSSR count). The highest BCUT2D eigenvalue weighted by Gasteiger charge is 2.34. The Hall–Kier alpha value is -1.62. The van der Waals surface area contributed by atoms with Gasteiger partial charge in [0.15, 0.2) is 0 Å². The van der Waals surface area contributed by atoms with Gasteiger partial charge in [-0.1, -0.05) is 15.9 Å². The van der Waals surface area contributed by atoms with Crippen LogP contribution in [0.5, 0.6) is 0 Å². The van der Waals surface area contributed by atoms with Crippen LogP contribution in [0.25, 0.3) is 6.08 Å². The molecule has 0 saturated heterocycles. The highest BCUT2D eigenvalue weighted by Crippen LogP contribution is 2.36. The average molecular weight is 309 g/mol. The van der Waals surface area contributed by atoms with Crippen LogP contribution < -0.4 is 5.73 Å². The maximum atomic E-state index is 11.4. The van der Waals surface area contributed by atoms with Gasteiger partial charge < -0.3 is 10.8 Å². The molecule has 1 aliphatic rings. The maximum Gasteiger partial charge on any atom is 0.332 e. The molecule has 1 aromatic carbocycles. The number of halogens is 1. The SMILES string of the molecule is CC1(C)C(C(=O)O)=Cc2cc(Br)ccc2N=C1N. The molecule has 0 atom stereocenters. The molecular formula is C13H13BrN2O2. The van der Waals surface area contributed by atoms with Crippen LogP contribution in [0, 0.1) is 5.41 Å². The average Bonchev–Trinajstić information content (AvgIpc) is 2.36. The first kappa shape index (κ1) is 12.8. The van der Waals surface area contributed by atoms with Gasteiger partial charge in [0, 0.05) is 10.0 Å². The molecule has 5 heteroatoms. The molecular weight excluding hydrogens is 296 g/mol. The molecule has 4 nitrogen and oxygen atoms in total. The number of amidine groups is 1. The van der Waals surface area contributed by atoms with Gasteiger partial charge in [0.1, 0.15) is 5.84 Å². The molecule has 1 heterocycles. The van der Waals surface area contributed by atoms with Gasteiger partial charge in [0.05, 0.1) is 16.7 Å². The van der Waals surface area contributed by atoms with Crippen molar-refractivity contribution in [1.82, 2.24) is 0 Å². The van der Waals surface area contributed by atoms with Gasteiger partial charge in [-0.3, -0.25) is 0 Å². The lowest BCUT2D eigenvalue weighted by Gasteiger charge is -2.23. The molecule has 94 valence electrons. The minimum atomic E-state index is -0.981. The molecule has 0 radical (unpaired) electrons. The lowest BCUT2D eigenvalue weighted by Crippen LogP contribution is -2.35. The molecule has 0 bridgehead atoms. The molecule has 0 amide bonds. The molecule has 1 aromatic rings. The molecule has 0 spiro atoms. The van der Waals surface area contributed by atoms with E-state index in [2.05, 4.69) is 20.9 Å². The molecule has 3 N–H and O–H groups in total. The second-order valence-electron chi connectivity index (χ2n) is 4.69. The van der Waals surface area contributed by atoms with Crippen LogP contribution in [-0.4, -0.2) is 16.9 Å². The predicted molar refractivity (Wildman–Crippen MR) is 74.8 cm³/mol. The van der Waals surface area contributed by atoms with Crippen molar-refractivity contribution in [2.75, 3.05) is 0 Å². The van der Waals surface area contributed by atoms with Crippen molar-refractivity contribution in [3.63, 3.8) is 0 Å². The number of aliphatic imine (C=N–C) groups is 1. The van der Waals surface area contributed by atoms with Crippen molar-refractivity contribution in [1.29, 1.82) is 0 Å². The highest BCUT2D eigenvalue weighted by molar-refractivity contribution is 9.10. The minimum Gasteiger partial charge on any atom is -0.478 e. The first-order valence-electron chi connectivity index (χ1n) is 5.42. The first-order chi connectivity index (χ1) is 8.32. The number of hydrogen-bond donors (Lipinski definition) is 2. The summed E-state index contributed by atoms with van der Waals surface area (Å²) in [5.41, 5.74) is 6.80. The quantitative estimate of drug-likeness (QED) is 0.837. The van der Waals surface area contributed by atoms with Crippen LogP contribution in [0.4, 0.5) is 5.69 Å². The Balaban J connectivity index is 2.75. The molecule has 0 aliphatic carbocycles. The summed E-state index contributed by atoms with van der Waals surface area (Å²) in [6.45, 7) is 3.51. The molecule has 0 unspecified atom stereocenters. The Bertz CT molecular complexity index is 589. The number of rotatable bonds is 1. The fraction of sp³-hybridized carbons (Fsp3) is 0.231. The van der Waals surface area contributed by atoms with Gasteiger partial charge in [-0.05, 0) is 38.1 Å². The molecule has 18 heavy (non-hydrogen) atoms. The largest absolute Gasteiger partial charge is 0.478 e. The topological polar surface area (TPSA) is 75.7 Å². The molecule has 0 aromatic heterocycles. The van der Waals surface area contributed by atoms with E-state index in [0.29, 0.717) is 11.5 Å². The molecule has 0 saturated carbocycles. The summed E-state index contributed by atoms with van der Waals surface area (Å²) in [4.78, 5) is 15.7. The van der Waals surface area contributed by atoms with E-state index < -0.39 is 11.4 Å². The van der Waals surface area contributed by atoms with Gasteiger partial charge in [0.2, 0.25) is 0 Å². The van der Waals surface area contributed by atoms with Crippen molar-refractivity contribution >= 4 is 39.5 Å². The summed E-state index contributed by atoms with van der Waals surface area (Å²) in [6.07, 6.45) is 1.63. The summed E-state index contributed by atoms with van der Waals surface area (Å²) in [5.74, 6) is -0.678. The summed E-state index contributed by atoms with van der Waals surface area (Å²) in [6, 6.07) is 5.49. The van der Waals surface area contributed by atoms with Gasteiger partial charge in [0.25, 0.3) is 0 Å². The summed E-state index contributed by atoms with van der Waals surface area (Å²) in [5, 5.41) is 9.32. The number of carbonyl (C=O) groups is 1. The number of nitrogens with zero attached hydrogens (tertiary/aromatic N) is 1. The van der Waals surface area contributed by atoms with Crippen molar-refractivity contribution in [2.24, 2.45) is 16.1 Å². The lowest BCUT2D eigenvalue weighted by atomic mass is 9.82. The van der Waals surface area contributed by atoms with E-state index in [1.165, 1.54) is 0 Å². The third kappa shape index (κ3) is 2.06. The van der Waals surface area contributed by atoms with Crippen molar-refractivity contribution < 1.29 is 9.90 Å². The monoisotopic (exact) mass is 308 g/mol.